The van der Waals surface area contributed by atoms with Crippen LogP contribution in [0.15, 0.2) is 42.5 Å². The van der Waals surface area contributed by atoms with Crippen LogP contribution in [-0.4, -0.2) is 62.9 Å². The van der Waals surface area contributed by atoms with Crippen LogP contribution in [0.5, 0.6) is 17.2 Å². The average molecular weight is 457 g/mol. The van der Waals surface area contributed by atoms with Crippen LogP contribution >= 0.6 is 0 Å². The van der Waals surface area contributed by atoms with Crippen molar-refractivity contribution in [2.24, 2.45) is 5.73 Å². The highest BCUT2D eigenvalue weighted by atomic mass is 16.3. The SMILES string of the molecule is CCC(C(=O)NCCC=O)N(C(=O)c1cc(O)c(O)c(O)c1)[C@@H](Cc1ccccc1)C(N)=O. The van der Waals surface area contributed by atoms with Crippen LogP contribution in [-0.2, 0) is 20.8 Å². The number of carbonyl (C=O) groups excluding carboxylic acids is 4. The maximum atomic E-state index is 13.5. The standard InChI is InChI=1S/C23H27N3O7/c1-2-16(22(32)25-9-6-10-27)26(17(21(24)31)11-14-7-4-3-5-8-14)23(33)15-12-18(28)20(30)19(29)13-15/h3-5,7-8,10,12-13,16-17,28-30H,2,6,9,11H2,1H3,(H2,24,31)(H,25,32)/t16?,17-/m0/s1. The number of aldehydes is 1. The van der Waals surface area contributed by atoms with Crippen LogP contribution in [0.3, 0.4) is 0 Å². The molecule has 0 aliphatic rings. The summed E-state index contributed by atoms with van der Waals surface area (Å²) in [5.41, 5.74) is 6.07. The maximum absolute atomic E-state index is 13.5. The van der Waals surface area contributed by atoms with Gasteiger partial charge < -0.3 is 36.1 Å². The van der Waals surface area contributed by atoms with Crippen molar-refractivity contribution < 1.29 is 34.5 Å². The van der Waals surface area contributed by atoms with E-state index in [2.05, 4.69) is 5.32 Å². The predicted octanol–water partition coefficient (Wildman–Crippen LogP) is 0.826. The van der Waals surface area contributed by atoms with Gasteiger partial charge in [-0.25, -0.2) is 0 Å². The molecule has 0 radical (unpaired) electrons. The lowest BCUT2D eigenvalue weighted by atomic mass is 9.99. The Hall–Kier alpha value is -4.08. The Morgan fingerprint density at radius 3 is 2.18 bits per heavy atom. The van der Waals surface area contributed by atoms with Crippen molar-refractivity contribution >= 4 is 24.0 Å². The molecule has 0 saturated heterocycles. The van der Waals surface area contributed by atoms with E-state index in [0.717, 1.165) is 17.0 Å². The predicted molar refractivity (Wildman–Crippen MR) is 119 cm³/mol. The van der Waals surface area contributed by atoms with Crippen molar-refractivity contribution in [3.05, 3.63) is 53.6 Å². The molecule has 0 heterocycles. The summed E-state index contributed by atoms with van der Waals surface area (Å²) in [5, 5.41) is 31.9. The lowest BCUT2D eigenvalue weighted by molar-refractivity contribution is -0.129. The molecule has 176 valence electrons. The number of rotatable bonds is 11. The zero-order valence-corrected chi connectivity index (χ0v) is 18.1. The number of hydrogen-bond acceptors (Lipinski definition) is 7. The van der Waals surface area contributed by atoms with Gasteiger partial charge in [0.25, 0.3) is 5.91 Å². The van der Waals surface area contributed by atoms with Crippen LogP contribution in [0.25, 0.3) is 0 Å². The van der Waals surface area contributed by atoms with Gasteiger partial charge in [-0.15, -0.1) is 0 Å². The van der Waals surface area contributed by atoms with Gasteiger partial charge in [0.15, 0.2) is 17.2 Å². The molecule has 0 fully saturated rings. The second-order valence-electron chi connectivity index (χ2n) is 7.35. The monoisotopic (exact) mass is 457 g/mol. The summed E-state index contributed by atoms with van der Waals surface area (Å²) in [7, 11) is 0. The lowest BCUT2D eigenvalue weighted by Gasteiger charge is -2.36. The van der Waals surface area contributed by atoms with Crippen LogP contribution in [0, 0.1) is 0 Å². The van der Waals surface area contributed by atoms with Crippen LogP contribution in [0.2, 0.25) is 0 Å². The molecule has 2 atom stereocenters. The number of phenolic OH excluding ortho intramolecular Hbond substituents is 3. The van der Waals surface area contributed by atoms with E-state index in [0.29, 0.717) is 11.8 Å². The fraction of sp³-hybridized carbons (Fsp3) is 0.304. The van der Waals surface area contributed by atoms with Crippen molar-refractivity contribution in [3.63, 3.8) is 0 Å². The van der Waals surface area contributed by atoms with Gasteiger partial charge in [0.05, 0.1) is 0 Å². The first-order chi connectivity index (χ1) is 15.7. The van der Waals surface area contributed by atoms with Gasteiger partial charge in [0.1, 0.15) is 18.4 Å². The summed E-state index contributed by atoms with van der Waals surface area (Å²) in [5.74, 6) is -4.64. The van der Waals surface area contributed by atoms with E-state index in [1.54, 1.807) is 37.3 Å². The Morgan fingerprint density at radius 1 is 1.06 bits per heavy atom. The summed E-state index contributed by atoms with van der Waals surface area (Å²) in [6, 6.07) is 8.19. The molecule has 2 rings (SSSR count). The van der Waals surface area contributed by atoms with E-state index in [4.69, 9.17) is 5.73 Å². The summed E-state index contributed by atoms with van der Waals surface area (Å²) >= 11 is 0. The molecule has 0 spiro atoms. The van der Waals surface area contributed by atoms with Gasteiger partial charge in [-0.1, -0.05) is 37.3 Å². The molecule has 10 nitrogen and oxygen atoms in total. The molecule has 2 aromatic rings. The van der Waals surface area contributed by atoms with E-state index in [-0.39, 0.29) is 31.4 Å². The van der Waals surface area contributed by atoms with Gasteiger partial charge >= 0.3 is 0 Å². The summed E-state index contributed by atoms with van der Waals surface area (Å²) in [4.78, 5) is 50.5. The number of amides is 3. The second-order valence-corrected chi connectivity index (χ2v) is 7.35. The minimum Gasteiger partial charge on any atom is -0.504 e. The third kappa shape index (κ3) is 6.22. The number of carbonyl (C=O) groups is 4. The molecular formula is C23H27N3O7. The molecule has 3 amide bonds. The highest BCUT2D eigenvalue weighted by molar-refractivity contribution is 6.01. The van der Waals surface area contributed by atoms with E-state index in [9.17, 15) is 34.5 Å². The average Bonchev–Trinajstić information content (AvgIpc) is 2.79. The highest BCUT2D eigenvalue weighted by Gasteiger charge is 2.38. The van der Waals surface area contributed by atoms with Crippen LogP contribution < -0.4 is 11.1 Å². The number of nitrogens with two attached hydrogens (primary N) is 1. The van der Waals surface area contributed by atoms with Crippen LogP contribution in [0.1, 0.15) is 35.7 Å². The Bertz CT molecular complexity index is 987. The molecule has 6 N–H and O–H groups in total. The first kappa shape index (κ1) is 25.2. The Morgan fingerprint density at radius 2 is 1.67 bits per heavy atom. The van der Waals surface area contributed by atoms with Gasteiger partial charge in [0.2, 0.25) is 11.8 Å². The zero-order chi connectivity index (χ0) is 24.5. The van der Waals surface area contributed by atoms with Crippen molar-refractivity contribution in [3.8, 4) is 17.2 Å². The molecule has 33 heavy (non-hydrogen) atoms. The number of benzene rings is 2. The van der Waals surface area contributed by atoms with Crippen molar-refractivity contribution in [1.29, 1.82) is 0 Å². The Balaban J connectivity index is 2.55. The fourth-order valence-corrected chi connectivity index (χ4v) is 3.43. The number of nitrogens with one attached hydrogen (secondary N) is 1. The first-order valence-corrected chi connectivity index (χ1v) is 10.3. The largest absolute Gasteiger partial charge is 0.504 e. The number of nitrogens with zero attached hydrogens (tertiary/aromatic N) is 1. The smallest absolute Gasteiger partial charge is 0.255 e. The number of hydrogen-bond donors (Lipinski definition) is 5. The molecule has 0 saturated carbocycles. The zero-order valence-electron chi connectivity index (χ0n) is 18.1. The second kappa shape index (κ2) is 11.5. The summed E-state index contributed by atoms with van der Waals surface area (Å²) in [6.45, 7) is 1.68. The molecular weight excluding hydrogens is 430 g/mol. The molecule has 0 aliphatic carbocycles. The minimum atomic E-state index is -1.25. The van der Waals surface area contributed by atoms with Crippen LogP contribution in [0.4, 0.5) is 0 Å². The number of primary amides is 1. The molecule has 10 heteroatoms. The number of aromatic hydroxyl groups is 3. The van der Waals surface area contributed by atoms with Gasteiger partial charge in [-0.2, -0.15) is 0 Å². The third-order valence-electron chi connectivity index (χ3n) is 5.07. The molecule has 0 aromatic heterocycles. The van der Waals surface area contributed by atoms with Gasteiger partial charge in [0, 0.05) is 24.9 Å². The van der Waals surface area contributed by atoms with E-state index in [1.165, 1.54) is 0 Å². The van der Waals surface area contributed by atoms with Crippen molar-refractivity contribution in [2.75, 3.05) is 6.54 Å². The molecule has 2 aromatic carbocycles. The van der Waals surface area contributed by atoms with E-state index >= 15 is 0 Å². The maximum Gasteiger partial charge on any atom is 0.255 e. The number of phenols is 3. The first-order valence-electron chi connectivity index (χ1n) is 10.3. The topological polar surface area (TPSA) is 170 Å². The third-order valence-corrected chi connectivity index (χ3v) is 5.07. The lowest BCUT2D eigenvalue weighted by Crippen LogP contribution is -2.58. The molecule has 1 unspecified atom stereocenters. The fourth-order valence-electron chi connectivity index (χ4n) is 3.43. The Labute approximate surface area is 190 Å². The van der Waals surface area contributed by atoms with Crippen molar-refractivity contribution in [2.45, 2.75) is 38.3 Å². The summed E-state index contributed by atoms with van der Waals surface area (Å²) < 4.78 is 0. The normalized spacial score (nSPS) is 12.4. The van der Waals surface area contributed by atoms with E-state index in [1.807, 2.05) is 0 Å². The van der Waals surface area contributed by atoms with Crippen molar-refractivity contribution in [1.82, 2.24) is 10.2 Å². The minimum absolute atomic E-state index is 0.01000. The van der Waals surface area contributed by atoms with E-state index < -0.39 is 47.1 Å². The Kier molecular flexibility index (Phi) is 8.79. The molecule has 0 aliphatic heterocycles. The summed E-state index contributed by atoms with van der Waals surface area (Å²) in [6.07, 6.45) is 0.816. The van der Waals surface area contributed by atoms with Gasteiger partial charge in [-0.3, -0.25) is 14.4 Å². The van der Waals surface area contributed by atoms with Gasteiger partial charge in [-0.05, 0) is 24.1 Å². The molecule has 0 bridgehead atoms. The highest BCUT2D eigenvalue weighted by Crippen LogP contribution is 2.36. The quantitative estimate of drug-likeness (QED) is 0.189.